The first kappa shape index (κ1) is 13.9. The van der Waals surface area contributed by atoms with Crippen molar-refractivity contribution in [2.75, 3.05) is 18.4 Å². The van der Waals surface area contributed by atoms with Crippen molar-refractivity contribution in [3.63, 3.8) is 0 Å². The molecule has 0 aliphatic rings. The Kier molecular flexibility index (Phi) is 4.57. The summed E-state index contributed by atoms with van der Waals surface area (Å²) >= 11 is 0. The third-order valence-electron chi connectivity index (χ3n) is 2.06. The van der Waals surface area contributed by atoms with Gasteiger partial charge in [-0.25, -0.2) is 13.6 Å². The van der Waals surface area contributed by atoms with Crippen LogP contribution in [0.3, 0.4) is 0 Å². The zero-order valence-electron chi connectivity index (χ0n) is 9.41. The highest BCUT2D eigenvalue weighted by Crippen LogP contribution is 2.11. The van der Waals surface area contributed by atoms with Gasteiger partial charge in [0, 0.05) is 5.69 Å². The molecule has 0 fully saturated rings. The third-order valence-corrected chi connectivity index (χ3v) is 2.06. The van der Waals surface area contributed by atoms with E-state index in [1.165, 1.54) is 6.07 Å². The zero-order chi connectivity index (χ0) is 13.6. The predicted octanol–water partition coefficient (Wildman–Crippen LogP) is 1.27. The van der Waals surface area contributed by atoms with Crippen molar-refractivity contribution in [1.82, 2.24) is 5.32 Å². The van der Waals surface area contributed by atoms with Gasteiger partial charge in [-0.2, -0.15) is 5.26 Å². The second kappa shape index (κ2) is 5.93. The molecule has 4 N–H and O–H groups in total. The van der Waals surface area contributed by atoms with E-state index in [9.17, 15) is 13.6 Å². The summed E-state index contributed by atoms with van der Waals surface area (Å²) in [5.74, 6) is -3.13. The smallest absolute Gasteiger partial charge is 0.319 e. The van der Waals surface area contributed by atoms with Crippen LogP contribution in [0.5, 0.6) is 0 Å². The Morgan fingerprint density at radius 2 is 2.22 bits per heavy atom. The molecule has 2 amide bonds. The van der Waals surface area contributed by atoms with E-state index >= 15 is 0 Å². The lowest BCUT2D eigenvalue weighted by Gasteiger charge is -2.14. The lowest BCUT2D eigenvalue weighted by molar-refractivity contribution is 0.0148. The minimum atomic E-state index is -3.13. The van der Waals surface area contributed by atoms with Crippen LogP contribution in [0.15, 0.2) is 24.3 Å². The van der Waals surface area contributed by atoms with Gasteiger partial charge in [0.05, 0.1) is 24.7 Å². The number of alkyl halides is 2. The second-order valence-electron chi connectivity index (χ2n) is 3.56. The molecule has 0 aliphatic heterocycles. The fraction of sp³-hybridized carbons (Fsp3) is 0.273. The molecule has 0 saturated carbocycles. The first-order chi connectivity index (χ1) is 8.46. The van der Waals surface area contributed by atoms with E-state index < -0.39 is 25.0 Å². The number of nitrogens with zero attached hydrogens (tertiary/aromatic N) is 1. The summed E-state index contributed by atoms with van der Waals surface area (Å²) in [4.78, 5) is 11.3. The molecule has 1 aromatic carbocycles. The molecule has 7 heteroatoms. The largest absolute Gasteiger partial charge is 0.332 e. The van der Waals surface area contributed by atoms with Crippen LogP contribution in [-0.4, -0.2) is 25.0 Å². The first-order valence-corrected chi connectivity index (χ1v) is 5.10. The summed E-state index contributed by atoms with van der Waals surface area (Å²) in [6.45, 7) is -1.68. The molecule has 1 aromatic rings. The minimum absolute atomic E-state index is 0.350. The minimum Gasteiger partial charge on any atom is -0.332 e. The van der Waals surface area contributed by atoms with Gasteiger partial charge < -0.3 is 16.4 Å². The van der Waals surface area contributed by atoms with Crippen LogP contribution < -0.4 is 16.4 Å². The molecule has 0 heterocycles. The monoisotopic (exact) mass is 254 g/mol. The van der Waals surface area contributed by atoms with Gasteiger partial charge in [-0.15, -0.1) is 0 Å². The summed E-state index contributed by atoms with van der Waals surface area (Å²) in [7, 11) is 0. The molecule has 0 radical (unpaired) electrons. The van der Waals surface area contributed by atoms with E-state index in [4.69, 9.17) is 11.0 Å². The summed E-state index contributed by atoms with van der Waals surface area (Å²) in [5.41, 5.74) is 5.54. The summed E-state index contributed by atoms with van der Waals surface area (Å²) in [5, 5.41) is 13.0. The van der Waals surface area contributed by atoms with Crippen molar-refractivity contribution in [1.29, 1.82) is 5.26 Å². The van der Waals surface area contributed by atoms with Crippen molar-refractivity contribution >= 4 is 11.7 Å². The van der Waals surface area contributed by atoms with Gasteiger partial charge in [0.25, 0.3) is 5.92 Å². The molecular formula is C11H12F2N4O. The van der Waals surface area contributed by atoms with Crippen molar-refractivity contribution in [3.8, 4) is 6.07 Å². The number of rotatable bonds is 4. The lowest BCUT2D eigenvalue weighted by Crippen LogP contribution is -2.43. The van der Waals surface area contributed by atoms with Crippen LogP contribution in [0.1, 0.15) is 5.56 Å². The number of nitrogens with two attached hydrogens (primary N) is 1. The molecule has 0 saturated heterocycles. The van der Waals surface area contributed by atoms with Crippen molar-refractivity contribution in [3.05, 3.63) is 29.8 Å². The number of benzene rings is 1. The molecule has 18 heavy (non-hydrogen) atoms. The molecule has 0 unspecified atom stereocenters. The molecule has 0 spiro atoms. The van der Waals surface area contributed by atoms with E-state index in [0.717, 1.165) is 0 Å². The maximum absolute atomic E-state index is 12.8. The highest BCUT2D eigenvalue weighted by atomic mass is 19.3. The lowest BCUT2D eigenvalue weighted by atomic mass is 10.2. The van der Waals surface area contributed by atoms with Crippen LogP contribution in [-0.2, 0) is 0 Å². The fourth-order valence-electron chi connectivity index (χ4n) is 1.12. The molecule has 0 atom stereocenters. The van der Waals surface area contributed by atoms with E-state index in [2.05, 4.69) is 5.32 Å². The zero-order valence-corrected chi connectivity index (χ0v) is 9.41. The Labute approximate surface area is 103 Å². The molecule has 5 nitrogen and oxygen atoms in total. The van der Waals surface area contributed by atoms with E-state index in [-0.39, 0.29) is 0 Å². The van der Waals surface area contributed by atoms with Crippen molar-refractivity contribution in [2.24, 2.45) is 5.73 Å². The van der Waals surface area contributed by atoms with E-state index in [1.54, 1.807) is 18.2 Å². The van der Waals surface area contributed by atoms with Gasteiger partial charge in [-0.1, -0.05) is 6.07 Å². The third kappa shape index (κ3) is 4.35. The van der Waals surface area contributed by atoms with Crippen LogP contribution in [0.4, 0.5) is 19.3 Å². The predicted molar refractivity (Wildman–Crippen MR) is 62.2 cm³/mol. The van der Waals surface area contributed by atoms with Gasteiger partial charge in [-0.3, -0.25) is 0 Å². The Bertz CT molecular complexity index is 470. The quantitative estimate of drug-likeness (QED) is 0.755. The van der Waals surface area contributed by atoms with Gasteiger partial charge in [0.15, 0.2) is 0 Å². The second-order valence-corrected chi connectivity index (χ2v) is 3.56. The topological polar surface area (TPSA) is 90.9 Å². The SMILES string of the molecule is N#Cc1cccc(NC(=O)NCC(F)(F)CN)c1. The van der Waals surface area contributed by atoms with Crippen molar-refractivity contribution < 1.29 is 13.6 Å². The maximum atomic E-state index is 12.8. The number of halogens is 2. The number of nitriles is 1. The summed E-state index contributed by atoms with van der Waals surface area (Å²) in [6, 6.07) is 7.23. The highest BCUT2D eigenvalue weighted by Gasteiger charge is 2.27. The molecular weight excluding hydrogens is 242 g/mol. The molecule has 0 bridgehead atoms. The number of urea groups is 1. The van der Waals surface area contributed by atoms with Crippen LogP contribution in [0.25, 0.3) is 0 Å². The average Bonchev–Trinajstić information content (AvgIpc) is 2.37. The van der Waals surface area contributed by atoms with Crippen LogP contribution in [0.2, 0.25) is 0 Å². The maximum Gasteiger partial charge on any atom is 0.319 e. The van der Waals surface area contributed by atoms with Gasteiger partial charge in [0.2, 0.25) is 0 Å². The number of amides is 2. The van der Waals surface area contributed by atoms with E-state index in [0.29, 0.717) is 11.3 Å². The molecule has 0 aliphatic carbocycles. The van der Waals surface area contributed by atoms with E-state index in [1.807, 2.05) is 11.4 Å². The summed E-state index contributed by atoms with van der Waals surface area (Å²) in [6.07, 6.45) is 0. The summed E-state index contributed by atoms with van der Waals surface area (Å²) < 4.78 is 25.5. The average molecular weight is 254 g/mol. The van der Waals surface area contributed by atoms with Crippen LogP contribution in [0, 0.1) is 11.3 Å². The first-order valence-electron chi connectivity index (χ1n) is 5.10. The number of hydrogen-bond acceptors (Lipinski definition) is 3. The standard InChI is InChI=1S/C11H12F2N4O/c12-11(13,6-15)7-16-10(18)17-9-3-1-2-8(4-9)5-14/h1-4H,6-7,15H2,(H2,16,17,18). The fourth-order valence-corrected chi connectivity index (χ4v) is 1.12. The highest BCUT2D eigenvalue weighted by molar-refractivity contribution is 5.89. The van der Waals surface area contributed by atoms with Gasteiger partial charge in [-0.05, 0) is 18.2 Å². The Morgan fingerprint density at radius 3 is 2.83 bits per heavy atom. The normalized spacial score (nSPS) is 10.6. The number of carbonyl (C=O) groups is 1. The van der Waals surface area contributed by atoms with Crippen LogP contribution >= 0.6 is 0 Å². The molecule has 96 valence electrons. The Balaban J connectivity index is 2.52. The molecule has 0 aromatic heterocycles. The Hall–Kier alpha value is -2.20. The number of carbonyl (C=O) groups excluding carboxylic acids is 1. The van der Waals surface area contributed by atoms with Gasteiger partial charge >= 0.3 is 6.03 Å². The number of nitrogens with one attached hydrogen (secondary N) is 2. The Morgan fingerprint density at radius 1 is 1.50 bits per heavy atom. The number of hydrogen-bond donors (Lipinski definition) is 3. The molecule has 1 rings (SSSR count). The van der Waals surface area contributed by atoms with Crippen molar-refractivity contribution in [2.45, 2.75) is 5.92 Å². The number of anilines is 1. The van der Waals surface area contributed by atoms with Gasteiger partial charge in [0.1, 0.15) is 0 Å².